The number of carbonyl (C=O) groups is 1. The second kappa shape index (κ2) is 10.4. The third kappa shape index (κ3) is 5.39. The Balaban J connectivity index is 1.74. The summed E-state index contributed by atoms with van der Waals surface area (Å²) in [5.41, 5.74) is 14.1. The Morgan fingerprint density at radius 1 is 1.06 bits per heavy atom. The van der Waals surface area contributed by atoms with E-state index in [4.69, 9.17) is 30.4 Å². The van der Waals surface area contributed by atoms with E-state index < -0.39 is 0 Å². The minimum Gasteiger partial charge on any atom is -0.493 e. The predicted molar refractivity (Wildman–Crippen MR) is 122 cm³/mol. The van der Waals surface area contributed by atoms with Crippen LogP contribution >= 0.6 is 0 Å². The molecule has 0 amide bonds. The van der Waals surface area contributed by atoms with E-state index in [0.717, 1.165) is 16.6 Å². The summed E-state index contributed by atoms with van der Waals surface area (Å²) < 4.78 is 21.6. The molecule has 1 aromatic heterocycles. The molecule has 10 heteroatoms. The maximum absolute atomic E-state index is 11.5. The molecule has 0 saturated carbocycles. The van der Waals surface area contributed by atoms with Gasteiger partial charge in [0.15, 0.2) is 11.5 Å². The molecule has 0 unspecified atom stereocenters. The minimum atomic E-state index is -0.326. The number of nitrogens with zero attached hydrogens (tertiary/aromatic N) is 2. The summed E-state index contributed by atoms with van der Waals surface area (Å²) in [5.74, 6) is 1.52. The molecule has 5 N–H and O–H groups in total. The average molecular weight is 441 g/mol. The van der Waals surface area contributed by atoms with Crippen LogP contribution in [0.2, 0.25) is 0 Å². The fourth-order valence-electron chi connectivity index (χ4n) is 3.13. The number of anilines is 3. The number of fused-ring (bicyclic) bond motifs is 1. The second-order valence-electron chi connectivity index (χ2n) is 6.79. The molecule has 0 aliphatic heterocycles. The fourth-order valence-corrected chi connectivity index (χ4v) is 3.13. The first kappa shape index (κ1) is 22.7. The van der Waals surface area contributed by atoms with Gasteiger partial charge in [0.25, 0.3) is 0 Å². The molecular weight excluding hydrogens is 414 g/mol. The van der Waals surface area contributed by atoms with Crippen molar-refractivity contribution in [1.29, 1.82) is 0 Å². The van der Waals surface area contributed by atoms with Crippen molar-refractivity contribution in [3.8, 4) is 17.2 Å². The minimum absolute atomic E-state index is 0.126. The Hall–Kier alpha value is -3.95. The molecule has 10 nitrogen and oxygen atoms in total. The molecule has 0 bridgehead atoms. The van der Waals surface area contributed by atoms with Crippen LogP contribution in [0.4, 0.5) is 17.5 Å². The zero-order valence-electron chi connectivity index (χ0n) is 18.3. The summed E-state index contributed by atoms with van der Waals surface area (Å²) in [6.07, 6.45) is 0.126. The monoisotopic (exact) mass is 441 g/mol. The Bertz CT molecular complexity index is 1080. The Labute approximate surface area is 185 Å². The van der Waals surface area contributed by atoms with E-state index >= 15 is 0 Å². The van der Waals surface area contributed by atoms with Crippen LogP contribution in [0.5, 0.6) is 17.2 Å². The van der Waals surface area contributed by atoms with E-state index in [0.29, 0.717) is 41.7 Å². The number of hydrogen-bond acceptors (Lipinski definition) is 10. The lowest BCUT2D eigenvalue weighted by molar-refractivity contribution is -0.143. The van der Waals surface area contributed by atoms with Crippen LogP contribution in [0, 0.1) is 0 Å². The highest BCUT2D eigenvalue weighted by atomic mass is 16.5. The lowest BCUT2D eigenvalue weighted by atomic mass is 10.1. The molecule has 0 aliphatic rings. The lowest BCUT2D eigenvalue weighted by Crippen LogP contribution is -2.10. The van der Waals surface area contributed by atoms with Gasteiger partial charge in [-0.2, -0.15) is 4.98 Å². The van der Waals surface area contributed by atoms with Crippen LogP contribution in [-0.2, 0) is 16.1 Å². The van der Waals surface area contributed by atoms with Crippen LogP contribution in [0.15, 0.2) is 30.3 Å². The third-order valence-electron chi connectivity index (χ3n) is 4.62. The van der Waals surface area contributed by atoms with E-state index in [1.807, 2.05) is 18.2 Å². The molecule has 1 heterocycles. The van der Waals surface area contributed by atoms with E-state index in [1.165, 1.54) is 14.2 Å². The van der Waals surface area contributed by atoms with Crippen LogP contribution in [0.25, 0.3) is 10.9 Å². The predicted octanol–water partition coefficient (Wildman–Crippen LogP) is 2.76. The average Bonchev–Trinajstić information content (AvgIpc) is 2.78. The van der Waals surface area contributed by atoms with Crippen molar-refractivity contribution in [2.45, 2.75) is 19.9 Å². The van der Waals surface area contributed by atoms with Gasteiger partial charge in [0.1, 0.15) is 5.82 Å². The molecule has 0 radical (unpaired) electrons. The summed E-state index contributed by atoms with van der Waals surface area (Å²) in [6.45, 7) is 2.74. The molecule has 0 aliphatic carbocycles. The smallest absolute Gasteiger partial charge is 0.309 e. The number of nitrogens with one attached hydrogen (secondary N) is 1. The fraction of sp³-hybridized carbons (Fsp3) is 0.318. The summed E-state index contributed by atoms with van der Waals surface area (Å²) >= 11 is 0. The Morgan fingerprint density at radius 3 is 2.44 bits per heavy atom. The Morgan fingerprint density at radius 2 is 1.78 bits per heavy atom. The molecule has 0 saturated heterocycles. The number of rotatable bonds is 10. The van der Waals surface area contributed by atoms with Gasteiger partial charge >= 0.3 is 5.97 Å². The van der Waals surface area contributed by atoms with E-state index in [2.05, 4.69) is 15.3 Å². The number of methoxy groups -OCH3 is 2. The number of benzene rings is 2. The van der Waals surface area contributed by atoms with Gasteiger partial charge in [0.05, 0.1) is 39.4 Å². The first-order chi connectivity index (χ1) is 15.4. The molecule has 3 aromatic rings. The van der Waals surface area contributed by atoms with Crippen LogP contribution < -0.4 is 31.0 Å². The van der Waals surface area contributed by atoms with E-state index in [-0.39, 0.29) is 24.9 Å². The van der Waals surface area contributed by atoms with Gasteiger partial charge in [-0.1, -0.05) is 6.07 Å². The zero-order chi connectivity index (χ0) is 23.1. The topological polar surface area (TPSA) is 144 Å². The van der Waals surface area contributed by atoms with Gasteiger partial charge < -0.3 is 35.7 Å². The maximum atomic E-state index is 11.5. The van der Waals surface area contributed by atoms with Crippen molar-refractivity contribution < 1.29 is 23.7 Å². The third-order valence-corrected chi connectivity index (χ3v) is 4.62. The standard InChI is InChI=1S/C22H27N5O5/c1-4-31-19(28)7-8-32-20-17(29-2)10-14(11-18(20)30-3)25-12-13-5-6-16-15(9-13)21(23)27-22(24)26-16/h5-6,9-11,25H,4,7-8,12H2,1-3H3,(H4,23,24,26,27). The highest BCUT2D eigenvalue weighted by Gasteiger charge is 2.15. The number of nitrogen functional groups attached to an aromatic ring is 2. The largest absolute Gasteiger partial charge is 0.493 e. The molecule has 0 atom stereocenters. The maximum Gasteiger partial charge on any atom is 0.309 e. The van der Waals surface area contributed by atoms with E-state index in [1.54, 1.807) is 19.1 Å². The lowest BCUT2D eigenvalue weighted by Gasteiger charge is -2.17. The number of ether oxygens (including phenoxy) is 4. The van der Waals surface area contributed by atoms with Gasteiger partial charge in [0, 0.05) is 29.8 Å². The van der Waals surface area contributed by atoms with Crippen LogP contribution in [0.3, 0.4) is 0 Å². The van der Waals surface area contributed by atoms with Gasteiger partial charge in [-0.3, -0.25) is 4.79 Å². The highest BCUT2D eigenvalue weighted by Crippen LogP contribution is 2.40. The Kier molecular flexibility index (Phi) is 7.37. The van der Waals surface area contributed by atoms with Gasteiger partial charge in [-0.15, -0.1) is 0 Å². The van der Waals surface area contributed by atoms with Crippen molar-refractivity contribution in [3.63, 3.8) is 0 Å². The molecule has 32 heavy (non-hydrogen) atoms. The normalized spacial score (nSPS) is 10.6. The number of aromatic nitrogens is 2. The summed E-state index contributed by atoms with van der Waals surface area (Å²) in [4.78, 5) is 19.7. The molecular formula is C22H27N5O5. The highest BCUT2D eigenvalue weighted by molar-refractivity contribution is 5.89. The summed E-state index contributed by atoms with van der Waals surface area (Å²) in [6, 6.07) is 9.28. The zero-order valence-corrected chi connectivity index (χ0v) is 18.3. The molecule has 0 fully saturated rings. The van der Waals surface area contributed by atoms with Crippen molar-refractivity contribution in [3.05, 3.63) is 35.9 Å². The van der Waals surface area contributed by atoms with Crippen LogP contribution in [0.1, 0.15) is 18.9 Å². The first-order valence-corrected chi connectivity index (χ1v) is 10.0. The molecule has 0 spiro atoms. The van der Waals surface area contributed by atoms with Gasteiger partial charge in [-0.25, -0.2) is 4.98 Å². The number of nitrogens with two attached hydrogens (primary N) is 2. The second-order valence-corrected chi connectivity index (χ2v) is 6.79. The van der Waals surface area contributed by atoms with E-state index in [9.17, 15) is 4.79 Å². The number of carbonyl (C=O) groups excluding carboxylic acids is 1. The number of hydrogen-bond donors (Lipinski definition) is 3. The van der Waals surface area contributed by atoms with Crippen LogP contribution in [-0.4, -0.2) is 43.4 Å². The molecule has 3 rings (SSSR count). The van der Waals surface area contributed by atoms with Crippen molar-refractivity contribution in [2.75, 3.05) is 44.2 Å². The van der Waals surface area contributed by atoms with Crippen molar-refractivity contribution in [2.24, 2.45) is 0 Å². The number of esters is 1. The summed E-state index contributed by atoms with van der Waals surface area (Å²) in [7, 11) is 3.07. The SMILES string of the molecule is CCOC(=O)CCOc1c(OC)cc(NCc2ccc3nc(N)nc(N)c3c2)cc1OC. The summed E-state index contributed by atoms with van der Waals surface area (Å²) in [5, 5.41) is 4.06. The first-order valence-electron chi connectivity index (χ1n) is 10.0. The van der Waals surface area contributed by atoms with Crippen molar-refractivity contribution in [1.82, 2.24) is 9.97 Å². The van der Waals surface area contributed by atoms with Crippen molar-refractivity contribution >= 4 is 34.3 Å². The molecule has 2 aromatic carbocycles. The van der Waals surface area contributed by atoms with Gasteiger partial charge in [0.2, 0.25) is 11.7 Å². The molecule has 170 valence electrons. The van der Waals surface area contributed by atoms with Gasteiger partial charge in [-0.05, 0) is 24.6 Å². The quantitative estimate of drug-likeness (QED) is 0.402.